The van der Waals surface area contributed by atoms with E-state index in [4.69, 9.17) is 10.00 Å². The monoisotopic (exact) mass is 366 g/mol. The summed E-state index contributed by atoms with van der Waals surface area (Å²) in [5, 5.41) is 18.9. The van der Waals surface area contributed by atoms with E-state index in [9.17, 15) is 22.3 Å². The molecular formula is C16H12F2N2O4S. The molecule has 2 aromatic rings. The Balaban J connectivity index is 2.04. The third kappa shape index (κ3) is 3.45. The predicted octanol–water partition coefficient (Wildman–Crippen LogP) is 1.92. The van der Waals surface area contributed by atoms with Crippen LogP contribution in [0.2, 0.25) is 0 Å². The number of rotatable bonds is 4. The Bertz CT molecular complexity index is 948. The minimum absolute atomic E-state index is 0.0139. The third-order valence-electron chi connectivity index (χ3n) is 3.82. The topological polar surface area (TPSA) is 100 Å². The maximum Gasteiger partial charge on any atom is 0.149 e. The molecule has 0 fully saturated rings. The number of ether oxygens (including phenoxy) is 1. The van der Waals surface area contributed by atoms with Crippen LogP contribution in [0.1, 0.15) is 28.5 Å². The number of thiol groups is 1. The summed E-state index contributed by atoms with van der Waals surface area (Å²) < 4.78 is 54.9. The van der Waals surface area contributed by atoms with Gasteiger partial charge >= 0.3 is 0 Å². The molecule has 1 N–H and O–H groups in total. The molecule has 1 aromatic carbocycles. The Morgan fingerprint density at radius 2 is 2.16 bits per heavy atom. The summed E-state index contributed by atoms with van der Waals surface area (Å²) in [6.07, 6.45) is -2.10. The van der Waals surface area contributed by atoms with Gasteiger partial charge in [0.1, 0.15) is 40.3 Å². The summed E-state index contributed by atoms with van der Waals surface area (Å²) in [5.74, 6) is -1.02. The van der Waals surface area contributed by atoms with Crippen LogP contribution in [-0.4, -0.2) is 24.7 Å². The normalized spacial score (nSPS) is 18.8. The minimum atomic E-state index is -2.81. The van der Waals surface area contributed by atoms with E-state index in [2.05, 4.69) is 4.98 Å². The van der Waals surface area contributed by atoms with Crippen LogP contribution < -0.4 is 4.74 Å². The van der Waals surface area contributed by atoms with Crippen LogP contribution in [0, 0.1) is 17.1 Å². The number of aliphatic hydroxyl groups is 1. The SMILES string of the molecule is N#Cc1cc(F)cc(Oc2cnc(C[SH](=O)=O)c3c2C[C@@H](F)[C@H]3O)c1. The summed E-state index contributed by atoms with van der Waals surface area (Å²) in [6, 6.07) is 5.17. The van der Waals surface area contributed by atoms with Crippen molar-refractivity contribution >= 4 is 10.7 Å². The highest BCUT2D eigenvalue weighted by Gasteiger charge is 2.36. The van der Waals surface area contributed by atoms with E-state index in [1.165, 1.54) is 12.3 Å². The molecule has 1 aliphatic carbocycles. The van der Waals surface area contributed by atoms with Gasteiger partial charge in [0.2, 0.25) is 0 Å². The maximum absolute atomic E-state index is 13.9. The minimum Gasteiger partial charge on any atom is -0.455 e. The number of nitriles is 1. The lowest BCUT2D eigenvalue weighted by Gasteiger charge is -2.13. The number of fused-ring (bicyclic) bond motifs is 1. The highest BCUT2D eigenvalue weighted by Crippen LogP contribution is 2.41. The summed E-state index contributed by atoms with van der Waals surface area (Å²) >= 11 is 0. The summed E-state index contributed by atoms with van der Waals surface area (Å²) in [5.41, 5.74) is 0.469. The molecule has 0 spiro atoms. The molecule has 6 nitrogen and oxygen atoms in total. The van der Waals surface area contributed by atoms with Gasteiger partial charge in [0.05, 0.1) is 29.3 Å². The number of pyridine rings is 1. The lowest BCUT2D eigenvalue weighted by molar-refractivity contribution is 0.0918. The van der Waals surface area contributed by atoms with Gasteiger partial charge in [0, 0.05) is 23.6 Å². The second-order valence-electron chi connectivity index (χ2n) is 5.51. The molecule has 130 valence electrons. The predicted molar refractivity (Wildman–Crippen MR) is 83.0 cm³/mol. The summed E-state index contributed by atoms with van der Waals surface area (Å²) in [6.45, 7) is 0. The molecule has 0 saturated carbocycles. The first-order chi connectivity index (χ1) is 11.9. The molecule has 0 bridgehead atoms. The van der Waals surface area contributed by atoms with Crippen molar-refractivity contribution in [1.82, 2.24) is 4.98 Å². The first kappa shape index (κ1) is 17.3. The molecule has 2 atom stereocenters. The number of halogens is 2. The van der Waals surface area contributed by atoms with E-state index >= 15 is 0 Å². The maximum atomic E-state index is 13.9. The fourth-order valence-electron chi connectivity index (χ4n) is 2.79. The highest BCUT2D eigenvalue weighted by molar-refractivity contribution is 7.71. The van der Waals surface area contributed by atoms with Crippen molar-refractivity contribution in [2.45, 2.75) is 24.4 Å². The molecule has 0 aliphatic heterocycles. The van der Waals surface area contributed by atoms with Gasteiger partial charge in [-0.25, -0.2) is 17.2 Å². The molecule has 1 heterocycles. The van der Waals surface area contributed by atoms with Crippen LogP contribution in [0.15, 0.2) is 24.4 Å². The van der Waals surface area contributed by atoms with Gasteiger partial charge < -0.3 is 9.84 Å². The van der Waals surface area contributed by atoms with Crippen molar-refractivity contribution in [3.8, 4) is 17.6 Å². The van der Waals surface area contributed by atoms with Gasteiger partial charge in [-0.3, -0.25) is 4.98 Å². The average Bonchev–Trinajstić information content (AvgIpc) is 2.85. The van der Waals surface area contributed by atoms with E-state index in [1.807, 2.05) is 0 Å². The zero-order chi connectivity index (χ0) is 18.1. The molecule has 9 heteroatoms. The number of aliphatic hydroxyl groups excluding tert-OH is 1. The number of hydrogen-bond acceptors (Lipinski definition) is 6. The van der Waals surface area contributed by atoms with Crippen LogP contribution in [0.4, 0.5) is 8.78 Å². The quantitative estimate of drug-likeness (QED) is 0.802. The zero-order valence-corrected chi connectivity index (χ0v) is 13.5. The van der Waals surface area contributed by atoms with Gasteiger partial charge in [0.15, 0.2) is 0 Å². The summed E-state index contributed by atoms with van der Waals surface area (Å²) in [4.78, 5) is 3.94. The molecular weight excluding hydrogens is 354 g/mol. The van der Waals surface area contributed by atoms with Crippen LogP contribution in [0.3, 0.4) is 0 Å². The number of nitrogens with zero attached hydrogens (tertiary/aromatic N) is 2. The van der Waals surface area contributed by atoms with Gasteiger partial charge in [-0.15, -0.1) is 0 Å². The van der Waals surface area contributed by atoms with Crippen LogP contribution in [0.5, 0.6) is 11.5 Å². The van der Waals surface area contributed by atoms with E-state index < -0.39 is 34.5 Å². The van der Waals surface area contributed by atoms with Crippen molar-refractivity contribution in [2.24, 2.45) is 0 Å². The third-order valence-corrected chi connectivity index (χ3v) is 4.37. The van der Waals surface area contributed by atoms with Crippen LogP contribution in [-0.2, 0) is 22.9 Å². The lowest BCUT2D eigenvalue weighted by Crippen LogP contribution is -2.09. The van der Waals surface area contributed by atoms with E-state index in [-0.39, 0.29) is 40.3 Å². The largest absolute Gasteiger partial charge is 0.455 e. The van der Waals surface area contributed by atoms with E-state index in [0.29, 0.717) is 0 Å². The Morgan fingerprint density at radius 3 is 2.84 bits per heavy atom. The Hall–Kier alpha value is -2.57. The first-order valence-electron chi connectivity index (χ1n) is 7.22. The van der Waals surface area contributed by atoms with E-state index in [1.54, 1.807) is 6.07 Å². The lowest BCUT2D eigenvalue weighted by atomic mass is 10.1. The van der Waals surface area contributed by atoms with Crippen LogP contribution in [0.25, 0.3) is 0 Å². The Morgan fingerprint density at radius 1 is 1.40 bits per heavy atom. The Labute approximate surface area is 143 Å². The van der Waals surface area contributed by atoms with Gasteiger partial charge in [-0.1, -0.05) is 0 Å². The standard InChI is InChI=1S/C16H12F2N2O4S/c17-9-1-8(5-19)2-10(3-9)24-14-6-20-13(7-25(22)23)15-11(14)4-12(18)16(15)21/h1-3,6,12,16,21,25H,4,7H2/t12-,16-/m1/s1. The molecule has 0 saturated heterocycles. The molecule has 0 unspecified atom stereocenters. The fourth-order valence-corrected chi connectivity index (χ4v) is 3.28. The zero-order valence-electron chi connectivity index (χ0n) is 12.6. The van der Waals surface area contributed by atoms with Crippen molar-refractivity contribution in [1.29, 1.82) is 5.26 Å². The molecule has 25 heavy (non-hydrogen) atoms. The van der Waals surface area contributed by atoms with Gasteiger partial charge in [-0.2, -0.15) is 5.26 Å². The number of hydrogen-bond donors (Lipinski definition) is 2. The fraction of sp³-hybridized carbons (Fsp3) is 0.250. The van der Waals surface area contributed by atoms with Crippen molar-refractivity contribution in [3.63, 3.8) is 0 Å². The van der Waals surface area contributed by atoms with E-state index in [0.717, 1.165) is 12.1 Å². The van der Waals surface area contributed by atoms with Crippen molar-refractivity contribution in [2.75, 3.05) is 0 Å². The van der Waals surface area contributed by atoms with Crippen molar-refractivity contribution in [3.05, 3.63) is 52.6 Å². The molecule has 3 rings (SSSR count). The Kier molecular flexibility index (Phi) is 4.65. The second kappa shape index (κ2) is 6.74. The smallest absolute Gasteiger partial charge is 0.149 e. The summed E-state index contributed by atoms with van der Waals surface area (Å²) in [7, 11) is -2.81. The van der Waals surface area contributed by atoms with Gasteiger partial charge in [-0.05, 0) is 12.1 Å². The average molecular weight is 366 g/mol. The number of alkyl halides is 1. The molecule has 1 aromatic heterocycles. The molecule has 0 amide bonds. The van der Waals surface area contributed by atoms with Crippen molar-refractivity contribution < 1.29 is 27.0 Å². The van der Waals surface area contributed by atoms with Crippen LogP contribution >= 0.6 is 0 Å². The number of benzene rings is 1. The molecule has 1 aliphatic rings. The molecule has 0 radical (unpaired) electrons. The van der Waals surface area contributed by atoms with Gasteiger partial charge in [0.25, 0.3) is 0 Å². The second-order valence-corrected chi connectivity index (χ2v) is 6.49. The first-order valence-corrected chi connectivity index (χ1v) is 8.58. The highest BCUT2D eigenvalue weighted by atomic mass is 32.2. The number of aromatic nitrogens is 1.